The lowest BCUT2D eigenvalue weighted by Gasteiger charge is -2.28. The topological polar surface area (TPSA) is 57.9 Å². The van der Waals surface area contributed by atoms with E-state index in [-0.39, 0.29) is 0 Å². The minimum absolute atomic E-state index is 0.366. The highest BCUT2D eigenvalue weighted by molar-refractivity contribution is 5.43. The summed E-state index contributed by atoms with van der Waals surface area (Å²) in [4.78, 5) is 4.04. The van der Waals surface area contributed by atoms with Crippen molar-refractivity contribution in [1.82, 2.24) is 4.98 Å². The molecule has 2 heterocycles. The van der Waals surface area contributed by atoms with Gasteiger partial charge in [0.2, 0.25) is 0 Å². The molecular formula is C13H17N3O. The van der Waals surface area contributed by atoms with E-state index in [9.17, 15) is 0 Å². The Hall–Kier alpha value is -1.60. The van der Waals surface area contributed by atoms with Crippen LogP contribution in [0, 0.1) is 17.2 Å². The molecule has 0 unspecified atom stereocenters. The molecule has 0 spiro atoms. The summed E-state index contributed by atoms with van der Waals surface area (Å²) in [5.74, 6) is 0.555. The first-order valence-corrected chi connectivity index (χ1v) is 6.00. The van der Waals surface area contributed by atoms with Crippen LogP contribution in [0.1, 0.15) is 25.5 Å². The van der Waals surface area contributed by atoms with E-state index in [2.05, 4.69) is 17.2 Å². The third-order valence-electron chi connectivity index (χ3n) is 3.17. The van der Waals surface area contributed by atoms with E-state index >= 15 is 0 Å². The van der Waals surface area contributed by atoms with Gasteiger partial charge in [0.05, 0.1) is 18.5 Å². The Labute approximate surface area is 102 Å². The van der Waals surface area contributed by atoms with E-state index in [4.69, 9.17) is 10.00 Å². The normalized spacial score (nSPS) is 21.5. The van der Waals surface area contributed by atoms with Gasteiger partial charge >= 0.3 is 0 Å². The van der Waals surface area contributed by atoms with Crippen LogP contribution in [0.15, 0.2) is 18.3 Å². The fourth-order valence-electron chi connectivity index (χ4n) is 2.09. The van der Waals surface area contributed by atoms with E-state index in [0.29, 0.717) is 17.7 Å². The smallest absolute Gasteiger partial charge is 0.140 e. The van der Waals surface area contributed by atoms with Crippen molar-refractivity contribution in [3.63, 3.8) is 0 Å². The molecule has 4 heteroatoms. The minimum Gasteiger partial charge on any atom is -0.381 e. The maximum atomic E-state index is 8.66. The van der Waals surface area contributed by atoms with Gasteiger partial charge in [0.15, 0.2) is 0 Å². The Morgan fingerprint density at radius 1 is 1.59 bits per heavy atom. The fraction of sp³-hybridized carbons (Fsp3) is 0.538. The monoisotopic (exact) mass is 231 g/mol. The van der Waals surface area contributed by atoms with Gasteiger partial charge in [-0.15, -0.1) is 0 Å². The molecule has 0 bridgehead atoms. The van der Waals surface area contributed by atoms with Crippen molar-refractivity contribution in [2.45, 2.75) is 25.8 Å². The number of nitrogens with one attached hydrogen (secondary N) is 1. The van der Waals surface area contributed by atoms with Gasteiger partial charge in [-0.05, 0) is 31.9 Å². The average molecular weight is 231 g/mol. The summed E-state index contributed by atoms with van der Waals surface area (Å²) in [6.45, 7) is 3.89. The molecule has 0 aromatic carbocycles. The Morgan fingerprint density at radius 3 is 3.06 bits per heavy atom. The quantitative estimate of drug-likeness (QED) is 0.866. The molecule has 0 amide bonds. The summed E-state index contributed by atoms with van der Waals surface area (Å²) in [6, 6.07) is 6.00. The minimum atomic E-state index is 0.366. The molecule has 17 heavy (non-hydrogen) atoms. The number of pyridine rings is 1. The van der Waals surface area contributed by atoms with Crippen LogP contribution in [0.5, 0.6) is 0 Å². The number of nitrogens with zero attached hydrogens (tertiary/aromatic N) is 2. The SMILES string of the molecule is C[C@H](Nc1ccc(C#N)nc1)[C@@H]1CCCOC1. The predicted octanol–water partition coefficient (Wildman–Crippen LogP) is 2.18. The summed E-state index contributed by atoms with van der Waals surface area (Å²) in [5.41, 5.74) is 1.41. The summed E-state index contributed by atoms with van der Waals surface area (Å²) < 4.78 is 5.48. The molecule has 1 N–H and O–H groups in total. The largest absolute Gasteiger partial charge is 0.381 e. The van der Waals surface area contributed by atoms with Crippen molar-refractivity contribution in [2.75, 3.05) is 18.5 Å². The average Bonchev–Trinajstić information content (AvgIpc) is 2.40. The maximum absolute atomic E-state index is 8.66. The first-order valence-electron chi connectivity index (χ1n) is 6.00. The summed E-state index contributed by atoms with van der Waals surface area (Å²) in [7, 11) is 0. The molecule has 1 saturated heterocycles. The van der Waals surface area contributed by atoms with E-state index in [1.165, 1.54) is 6.42 Å². The second-order valence-corrected chi connectivity index (χ2v) is 4.45. The highest BCUT2D eigenvalue weighted by atomic mass is 16.5. The van der Waals surface area contributed by atoms with Crippen LogP contribution in [0.2, 0.25) is 0 Å². The number of anilines is 1. The van der Waals surface area contributed by atoms with Crippen LogP contribution in [0.3, 0.4) is 0 Å². The van der Waals surface area contributed by atoms with Crippen molar-refractivity contribution in [2.24, 2.45) is 5.92 Å². The number of nitriles is 1. The molecule has 0 aliphatic carbocycles. The van der Waals surface area contributed by atoms with Crippen LogP contribution in [-0.4, -0.2) is 24.2 Å². The van der Waals surface area contributed by atoms with Gasteiger partial charge < -0.3 is 10.1 Å². The zero-order chi connectivity index (χ0) is 12.1. The van der Waals surface area contributed by atoms with Gasteiger partial charge in [-0.25, -0.2) is 4.98 Å². The molecule has 1 aliphatic heterocycles. The third-order valence-corrected chi connectivity index (χ3v) is 3.17. The first kappa shape index (κ1) is 11.9. The van der Waals surface area contributed by atoms with Crippen LogP contribution in [-0.2, 0) is 4.74 Å². The highest BCUT2D eigenvalue weighted by Gasteiger charge is 2.20. The van der Waals surface area contributed by atoms with Gasteiger partial charge in [0.25, 0.3) is 0 Å². The predicted molar refractivity (Wildman–Crippen MR) is 65.6 cm³/mol. The Balaban J connectivity index is 1.92. The lowest BCUT2D eigenvalue weighted by Crippen LogP contribution is -2.32. The molecule has 1 aromatic heterocycles. The molecule has 4 nitrogen and oxygen atoms in total. The molecular weight excluding hydrogens is 214 g/mol. The van der Waals surface area contributed by atoms with Crippen molar-refractivity contribution in [1.29, 1.82) is 5.26 Å². The summed E-state index contributed by atoms with van der Waals surface area (Å²) in [6.07, 6.45) is 4.05. The Bertz CT molecular complexity index is 390. The molecule has 2 atom stereocenters. The molecule has 90 valence electrons. The van der Waals surface area contributed by atoms with E-state index in [1.807, 2.05) is 12.1 Å². The number of hydrogen-bond acceptors (Lipinski definition) is 4. The molecule has 1 fully saturated rings. The number of aromatic nitrogens is 1. The van der Waals surface area contributed by atoms with Gasteiger partial charge in [0, 0.05) is 18.6 Å². The molecule has 0 saturated carbocycles. The highest BCUT2D eigenvalue weighted by Crippen LogP contribution is 2.20. The lowest BCUT2D eigenvalue weighted by atomic mass is 9.95. The standard InChI is InChI=1S/C13H17N3O/c1-10(11-3-2-6-17-9-11)16-13-5-4-12(7-14)15-8-13/h4-5,8,10-11,16H,2-3,6,9H2,1H3/t10-,11+/m0/s1. The van der Waals surface area contributed by atoms with Gasteiger partial charge in [-0.1, -0.05) is 0 Å². The van der Waals surface area contributed by atoms with Crippen molar-refractivity contribution in [3.05, 3.63) is 24.0 Å². The Kier molecular flexibility index (Phi) is 3.94. The van der Waals surface area contributed by atoms with Crippen LogP contribution < -0.4 is 5.32 Å². The second kappa shape index (κ2) is 5.65. The zero-order valence-corrected chi connectivity index (χ0v) is 10.0. The molecule has 0 radical (unpaired) electrons. The Morgan fingerprint density at radius 2 is 2.47 bits per heavy atom. The van der Waals surface area contributed by atoms with E-state index < -0.39 is 0 Å². The third kappa shape index (κ3) is 3.18. The fourth-order valence-corrected chi connectivity index (χ4v) is 2.09. The second-order valence-electron chi connectivity index (χ2n) is 4.45. The van der Waals surface area contributed by atoms with Crippen molar-refractivity contribution >= 4 is 5.69 Å². The summed E-state index contributed by atoms with van der Waals surface area (Å²) >= 11 is 0. The first-order chi connectivity index (χ1) is 8.29. The van der Waals surface area contributed by atoms with Gasteiger partial charge in [0.1, 0.15) is 11.8 Å². The summed E-state index contributed by atoms with van der Waals surface area (Å²) in [5, 5.41) is 12.1. The number of rotatable bonds is 3. The van der Waals surface area contributed by atoms with Crippen LogP contribution >= 0.6 is 0 Å². The number of ether oxygens (including phenoxy) is 1. The van der Waals surface area contributed by atoms with Gasteiger partial charge in [-0.2, -0.15) is 5.26 Å². The van der Waals surface area contributed by atoms with Crippen LogP contribution in [0.4, 0.5) is 5.69 Å². The maximum Gasteiger partial charge on any atom is 0.140 e. The molecule has 1 aliphatic rings. The van der Waals surface area contributed by atoms with E-state index in [0.717, 1.165) is 25.3 Å². The number of hydrogen-bond donors (Lipinski definition) is 1. The molecule has 2 rings (SSSR count). The van der Waals surface area contributed by atoms with E-state index in [1.54, 1.807) is 12.3 Å². The van der Waals surface area contributed by atoms with Crippen LogP contribution in [0.25, 0.3) is 0 Å². The lowest BCUT2D eigenvalue weighted by molar-refractivity contribution is 0.0496. The zero-order valence-electron chi connectivity index (χ0n) is 10.0. The van der Waals surface area contributed by atoms with Crippen molar-refractivity contribution < 1.29 is 4.74 Å². The molecule has 1 aromatic rings. The van der Waals surface area contributed by atoms with Gasteiger partial charge in [-0.3, -0.25) is 0 Å². The van der Waals surface area contributed by atoms with Crippen molar-refractivity contribution in [3.8, 4) is 6.07 Å².